The van der Waals surface area contributed by atoms with Gasteiger partial charge >= 0.3 is 5.89 Å². The molecule has 0 spiro atoms. The second-order valence-electron chi connectivity index (χ2n) is 3.23. The Balaban J connectivity index is 0.00000112. The van der Waals surface area contributed by atoms with Gasteiger partial charge < -0.3 is 4.42 Å². The highest BCUT2D eigenvalue weighted by atomic mass is 16.5. The Kier molecular flexibility index (Phi) is 3.14. The van der Waals surface area contributed by atoms with E-state index in [2.05, 4.69) is 0 Å². The summed E-state index contributed by atoms with van der Waals surface area (Å²) in [5.74, 6) is 1.20. The summed E-state index contributed by atoms with van der Waals surface area (Å²) >= 11 is 0. The minimum atomic E-state index is 0. The highest BCUT2D eigenvalue weighted by Gasteiger charge is 2.24. The lowest BCUT2D eigenvalue weighted by molar-refractivity contribution is -0.901. The summed E-state index contributed by atoms with van der Waals surface area (Å²) in [5, 5.41) is 9.69. The molecule has 0 radical (unpaired) electrons. The molecule has 0 unspecified atom stereocenters. The zero-order valence-corrected chi connectivity index (χ0v) is 8.19. The Morgan fingerprint density at radius 2 is 1.73 bits per heavy atom. The second kappa shape index (κ2) is 4.17. The monoisotopic (exact) mass is 206 g/mol. The number of nitrogens with zero attached hydrogens (tertiary/aromatic N) is 1. The van der Waals surface area contributed by atoms with E-state index in [1.807, 2.05) is 44.2 Å². The van der Waals surface area contributed by atoms with Crippen LogP contribution in [0.4, 0.5) is 0 Å². The molecule has 0 saturated carbocycles. The molecule has 0 fully saturated rings. The minimum absolute atomic E-state index is 0. The zero-order chi connectivity index (χ0) is 10.1. The van der Waals surface area contributed by atoms with Crippen LogP contribution in [-0.2, 0) is 0 Å². The maximum absolute atomic E-state index is 9.69. The Morgan fingerprint density at radius 1 is 1.13 bits per heavy atom. The molecule has 1 aromatic heterocycles. The molecule has 3 nitrogen and oxygen atoms in total. The predicted molar refractivity (Wildman–Crippen MR) is 57.7 cm³/mol. The number of aromatic nitrogens is 1. The first-order valence-electron chi connectivity index (χ1n) is 4.47. The average Bonchev–Trinajstić information content (AvgIpc) is 2.47. The standard InChI is InChI=1S/C11H12NO2.CH4/c1-8-9(2)14-11(12(8)13)10-6-4-3-5-7-10;/h3-7,13H,1-2H3;1H4/q+1;. The number of hydrogen-bond donors (Lipinski definition) is 1. The maximum atomic E-state index is 9.69. The highest BCUT2D eigenvalue weighted by Crippen LogP contribution is 2.18. The van der Waals surface area contributed by atoms with Crippen LogP contribution in [0.5, 0.6) is 0 Å². The third-order valence-electron chi connectivity index (χ3n) is 2.29. The normalized spacial score (nSPS) is 9.73. The van der Waals surface area contributed by atoms with Crippen LogP contribution < -0.4 is 4.73 Å². The van der Waals surface area contributed by atoms with E-state index in [9.17, 15) is 5.21 Å². The van der Waals surface area contributed by atoms with E-state index in [-0.39, 0.29) is 7.43 Å². The van der Waals surface area contributed by atoms with Crippen molar-refractivity contribution in [3.05, 3.63) is 41.8 Å². The molecule has 0 bridgehead atoms. The van der Waals surface area contributed by atoms with Gasteiger partial charge in [0, 0.05) is 13.8 Å². The maximum Gasteiger partial charge on any atom is 0.429 e. The fourth-order valence-electron chi connectivity index (χ4n) is 1.33. The van der Waals surface area contributed by atoms with E-state index in [4.69, 9.17) is 4.42 Å². The molecule has 0 atom stereocenters. The van der Waals surface area contributed by atoms with Gasteiger partial charge in [-0.25, -0.2) is 0 Å². The van der Waals surface area contributed by atoms with Crippen molar-refractivity contribution in [2.24, 2.45) is 0 Å². The van der Waals surface area contributed by atoms with Crippen molar-refractivity contribution in [1.29, 1.82) is 0 Å². The molecule has 0 saturated heterocycles. The van der Waals surface area contributed by atoms with E-state index >= 15 is 0 Å². The average molecular weight is 206 g/mol. The van der Waals surface area contributed by atoms with Crippen LogP contribution in [0.1, 0.15) is 18.9 Å². The molecule has 0 aliphatic heterocycles. The molecule has 3 heteroatoms. The molecule has 0 aliphatic carbocycles. The SMILES string of the molecule is C.Cc1oc(-c2ccccc2)[n+](O)c1C. The molecule has 2 aromatic rings. The van der Waals surface area contributed by atoms with Crippen LogP contribution in [0.3, 0.4) is 0 Å². The Morgan fingerprint density at radius 3 is 2.20 bits per heavy atom. The lowest BCUT2D eigenvalue weighted by atomic mass is 10.2. The van der Waals surface area contributed by atoms with Gasteiger partial charge in [-0.3, -0.25) is 5.21 Å². The van der Waals surface area contributed by atoms with Gasteiger partial charge in [-0.05, 0) is 12.1 Å². The van der Waals surface area contributed by atoms with Gasteiger partial charge in [-0.15, -0.1) is 0 Å². The first-order chi connectivity index (χ1) is 6.70. The van der Waals surface area contributed by atoms with Crippen LogP contribution in [-0.4, -0.2) is 5.21 Å². The van der Waals surface area contributed by atoms with Gasteiger partial charge in [0.25, 0.3) is 5.69 Å². The van der Waals surface area contributed by atoms with Crippen molar-refractivity contribution in [1.82, 2.24) is 0 Å². The van der Waals surface area contributed by atoms with Gasteiger partial charge in [0.1, 0.15) is 0 Å². The van der Waals surface area contributed by atoms with Crippen molar-refractivity contribution in [3.63, 3.8) is 0 Å². The summed E-state index contributed by atoms with van der Waals surface area (Å²) in [5.41, 5.74) is 1.59. The summed E-state index contributed by atoms with van der Waals surface area (Å²) in [6.07, 6.45) is 0. The highest BCUT2D eigenvalue weighted by molar-refractivity contribution is 5.49. The number of oxazole rings is 1. The molecule has 15 heavy (non-hydrogen) atoms. The van der Waals surface area contributed by atoms with Crippen LogP contribution in [0.25, 0.3) is 11.5 Å². The van der Waals surface area contributed by atoms with Crippen LogP contribution >= 0.6 is 0 Å². The summed E-state index contributed by atoms with van der Waals surface area (Å²) < 4.78 is 6.52. The van der Waals surface area contributed by atoms with Crippen molar-refractivity contribution in [2.45, 2.75) is 21.3 Å². The Labute approximate surface area is 89.6 Å². The van der Waals surface area contributed by atoms with Gasteiger partial charge in [-0.2, -0.15) is 0 Å². The summed E-state index contributed by atoms with van der Waals surface area (Å²) in [7, 11) is 0. The molecule has 0 amide bonds. The lowest BCUT2D eigenvalue weighted by Gasteiger charge is -1.88. The third kappa shape index (κ3) is 1.86. The van der Waals surface area contributed by atoms with E-state index in [1.54, 1.807) is 0 Å². The van der Waals surface area contributed by atoms with Crippen LogP contribution in [0.2, 0.25) is 0 Å². The number of benzene rings is 1. The van der Waals surface area contributed by atoms with E-state index in [0.29, 0.717) is 5.89 Å². The molecule has 1 heterocycles. The molecular formula is C12H16NO2+. The second-order valence-corrected chi connectivity index (χ2v) is 3.23. The minimum Gasteiger partial charge on any atom is -0.400 e. The summed E-state index contributed by atoms with van der Waals surface area (Å²) in [6, 6.07) is 9.52. The van der Waals surface area contributed by atoms with Crippen molar-refractivity contribution >= 4 is 0 Å². The fraction of sp³-hybridized carbons (Fsp3) is 0.250. The first kappa shape index (κ1) is 11.3. The molecular weight excluding hydrogens is 190 g/mol. The van der Waals surface area contributed by atoms with Crippen molar-refractivity contribution in [3.8, 4) is 11.5 Å². The van der Waals surface area contributed by atoms with Gasteiger partial charge in [0.05, 0.1) is 10.3 Å². The molecule has 0 aliphatic rings. The van der Waals surface area contributed by atoms with Gasteiger partial charge in [0.15, 0.2) is 5.76 Å². The topological polar surface area (TPSA) is 37.2 Å². The smallest absolute Gasteiger partial charge is 0.400 e. The molecule has 2 rings (SSSR count). The number of aryl methyl sites for hydroxylation is 1. The van der Waals surface area contributed by atoms with E-state index in [0.717, 1.165) is 21.7 Å². The lowest BCUT2D eigenvalue weighted by Crippen LogP contribution is -2.33. The van der Waals surface area contributed by atoms with E-state index < -0.39 is 0 Å². The van der Waals surface area contributed by atoms with Crippen LogP contribution in [0.15, 0.2) is 34.7 Å². The Bertz CT molecular complexity index is 446. The van der Waals surface area contributed by atoms with Crippen LogP contribution in [0, 0.1) is 13.8 Å². The summed E-state index contributed by atoms with van der Waals surface area (Å²) in [6.45, 7) is 3.64. The molecule has 1 N–H and O–H groups in total. The zero-order valence-electron chi connectivity index (χ0n) is 8.19. The van der Waals surface area contributed by atoms with E-state index in [1.165, 1.54) is 0 Å². The molecule has 80 valence electrons. The predicted octanol–water partition coefficient (Wildman–Crippen LogP) is 2.72. The van der Waals surface area contributed by atoms with Crippen molar-refractivity contribution < 1.29 is 14.4 Å². The summed E-state index contributed by atoms with van der Waals surface area (Å²) in [4.78, 5) is 0. The Hall–Kier alpha value is -1.77. The number of rotatable bonds is 1. The first-order valence-corrected chi connectivity index (χ1v) is 4.47. The fourth-order valence-corrected chi connectivity index (χ4v) is 1.33. The van der Waals surface area contributed by atoms with Crippen molar-refractivity contribution in [2.75, 3.05) is 0 Å². The van der Waals surface area contributed by atoms with Gasteiger partial charge in [-0.1, -0.05) is 25.6 Å². The quantitative estimate of drug-likeness (QED) is 0.575. The third-order valence-corrected chi connectivity index (χ3v) is 2.29. The molecule has 1 aromatic carbocycles. The largest absolute Gasteiger partial charge is 0.429 e. The van der Waals surface area contributed by atoms with Gasteiger partial charge in [0.2, 0.25) is 0 Å². The number of hydrogen-bond acceptors (Lipinski definition) is 2.